The predicted octanol–water partition coefficient (Wildman–Crippen LogP) is 4.00. The molecule has 1 amide bonds. The van der Waals surface area contributed by atoms with E-state index in [1.807, 2.05) is 0 Å². The number of rotatable bonds is 3. The van der Waals surface area contributed by atoms with Crippen molar-refractivity contribution in [1.82, 2.24) is 5.32 Å². The molecule has 0 aliphatic heterocycles. The molecule has 0 heterocycles. The highest BCUT2D eigenvalue weighted by atomic mass is 16.1. The van der Waals surface area contributed by atoms with E-state index in [0.717, 1.165) is 18.8 Å². The first-order chi connectivity index (χ1) is 9.06. The van der Waals surface area contributed by atoms with Gasteiger partial charge in [0, 0.05) is 5.92 Å². The van der Waals surface area contributed by atoms with E-state index in [-0.39, 0.29) is 17.9 Å². The highest BCUT2D eigenvalue weighted by Crippen LogP contribution is 2.28. The first-order valence-electron chi connectivity index (χ1n) is 7.43. The van der Waals surface area contributed by atoms with Gasteiger partial charge in [-0.05, 0) is 51.0 Å². The van der Waals surface area contributed by atoms with Crippen LogP contribution < -0.4 is 5.32 Å². The normalized spacial score (nSPS) is 24.8. The molecule has 0 bridgehead atoms. The van der Waals surface area contributed by atoms with Gasteiger partial charge in [-0.1, -0.05) is 36.8 Å². The van der Waals surface area contributed by atoms with Crippen molar-refractivity contribution in [2.45, 2.75) is 52.5 Å². The number of carbonyl (C=O) groups excluding carboxylic acids is 1. The zero-order valence-electron chi connectivity index (χ0n) is 12.3. The van der Waals surface area contributed by atoms with E-state index >= 15 is 0 Å². The molecule has 0 radical (unpaired) electrons. The van der Waals surface area contributed by atoms with Crippen molar-refractivity contribution in [2.75, 3.05) is 0 Å². The third kappa shape index (κ3) is 3.82. The summed E-state index contributed by atoms with van der Waals surface area (Å²) in [5.74, 6) is 1.25. The molecule has 0 saturated heterocycles. The van der Waals surface area contributed by atoms with Gasteiger partial charge >= 0.3 is 0 Å². The molecule has 1 atom stereocenters. The van der Waals surface area contributed by atoms with Crippen LogP contribution in [0.1, 0.15) is 56.7 Å². The van der Waals surface area contributed by atoms with Gasteiger partial charge in [-0.3, -0.25) is 4.79 Å². The van der Waals surface area contributed by atoms with Gasteiger partial charge in [0.2, 0.25) is 5.91 Å². The number of carbonyl (C=O) groups is 1. The Bertz CT molecular complexity index is 415. The second kappa shape index (κ2) is 6.23. The topological polar surface area (TPSA) is 29.1 Å². The van der Waals surface area contributed by atoms with Crippen LogP contribution in [-0.4, -0.2) is 5.91 Å². The summed E-state index contributed by atoms with van der Waals surface area (Å²) < 4.78 is 0. The van der Waals surface area contributed by atoms with Crippen molar-refractivity contribution < 1.29 is 4.79 Å². The molecule has 1 fully saturated rings. The summed E-state index contributed by atoms with van der Waals surface area (Å²) in [6.45, 7) is 6.42. The van der Waals surface area contributed by atoms with Crippen LogP contribution in [0.3, 0.4) is 0 Å². The monoisotopic (exact) mass is 259 g/mol. The van der Waals surface area contributed by atoms with Crippen LogP contribution in [0.2, 0.25) is 0 Å². The number of amides is 1. The summed E-state index contributed by atoms with van der Waals surface area (Å²) in [4.78, 5) is 12.2. The molecule has 1 N–H and O–H groups in total. The van der Waals surface area contributed by atoms with Gasteiger partial charge in [0.15, 0.2) is 0 Å². The Hall–Kier alpha value is -1.31. The Morgan fingerprint density at radius 1 is 1.16 bits per heavy atom. The SMILES string of the molecule is Cc1ccc(C(C)NC(=O)C2CCC(C)CC2)cc1. The van der Waals surface area contributed by atoms with Crippen LogP contribution in [0.15, 0.2) is 24.3 Å². The molecule has 1 aromatic rings. The summed E-state index contributed by atoms with van der Waals surface area (Å²) in [7, 11) is 0. The van der Waals surface area contributed by atoms with Crippen LogP contribution in [0, 0.1) is 18.8 Å². The van der Waals surface area contributed by atoms with Crippen molar-refractivity contribution in [2.24, 2.45) is 11.8 Å². The minimum absolute atomic E-state index is 0.104. The fourth-order valence-electron chi connectivity index (χ4n) is 2.79. The lowest BCUT2D eigenvalue weighted by molar-refractivity contribution is -0.126. The molecule has 1 aliphatic rings. The maximum absolute atomic E-state index is 12.2. The minimum Gasteiger partial charge on any atom is -0.349 e. The van der Waals surface area contributed by atoms with Crippen molar-refractivity contribution in [3.63, 3.8) is 0 Å². The number of hydrogen-bond donors (Lipinski definition) is 1. The van der Waals surface area contributed by atoms with Gasteiger partial charge < -0.3 is 5.32 Å². The van der Waals surface area contributed by atoms with Gasteiger partial charge in [0.1, 0.15) is 0 Å². The Morgan fingerprint density at radius 2 is 1.74 bits per heavy atom. The first-order valence-corrected chi connectivity index (χ1v) is 7.43. The van der Waals surface area contributed by atoms with Gasteiger partial charge in [-0.25, -0.2) is 0 Å². The third-order valence-electron chi connectivity index (χ3n) is 4.32. The van der Waals surface area contributed by atoms with Crippen LogP contribution >= 0.6 is 0 Å². The smallest absolute Gasteiger partial charge is 0.223 e. The van der Waals surface area contributed by atoms with Gasteiger partial charge in [-0.15, -0.1) is 0 Å². The molecule has 19 heavy (non-hydrogen) atoms. The van der Waals surface area contributed by atoms with Crippen LogP contribution in [0.4, 0.5) is 0 Å². The van der Waals surface area contributed by atoms with E-state index in [4.69, 9.17) is 0 Å². The summed E-state index contributed by atoms with van der Waals surface area (Å²) in [6, 6.07) is 8.50. The maximum atomic E-state index is 12.2. The van der Waals surface area contributed by atoms with Gasteiger partial charge in [0.25, 0.3) is 0 Å². The Morgan fingerprint density at radius 3 is 2.32 bits per heavy atom. The van der Waals surface area contributed by atoms with E-state index in [2.05, 4.69) is 50.4 Å². The number of aryl methyl sites for hydroxylation is 1. The summed E-state index contributed by atoms with van der Waals surface area (Å²) in [5, 5.41) is 3.16. The molecule has 2 heteroatoms. The van der Waals surface area contributed by atoms with E-state index in [0.29, 0.717) is 0 Å². The van der Waals surface area contributed by atoms with Crippen molar-refractivity contribution >= 4 is 5.91 Å². The molecule has 2 rings (SSSR count). The Balaban J connectivity index is 1.89. The molecule has 1 aliphatic carbocycles. The fourth-order valence-corrected chi connectivity index (χ4v) is 2.79. The average Bonchev–Trinajstić information content (AvgIpc) is 2.40. The summed E-state index contributed by atoms with van der Waals surface area (Å²) in [6.07, 6.45) is 4.48. The number of hydrogen-bond acceptors (Lipinski definition) is 1. The lowest BCUT2D eigenvalue weighted by Gasteiger charge is -2.26. The quantitative estimate of drug-likeness (QED) is 0.873. The zero-order valence-corrected chi connectivity index (χ0v) is 12.3. The second-order valence-electron chi connectivity index (χ2n) is 6.10. The standard InChI is InChI=1S/C17H25NO/c1-12-4-8-15(9-5-12)14(3)18-17(19)16-10-6-13(2)7-11-16/h4-5,8-9,13-14,16H,6-7,10-11H2,1-3H3,(H,18,19). The maximum Gasteiger partial charge on any atom is 0.223 e. The lowest BCUT2D eigenvalue weighted by Crippen LogP contribution is -2.34. The predicted molar refractivity (Wildman–Crippen MR) is 78.9 cm³/mol. The second-order valence-corrected chi connectivity index (χ2v) is 6.10. The van der Waals surface area contributed by atoms with Crippen LogP contribution in [0.25, 0.3) is 0 Å². The minimum atomic E-state index is 0.104. The summed E-state index contributed by atoms with van der Waals surface area (Å²) in [5.41, 5.74) is 2.44. The van der Waals surface area contributed by atoms with E-state index in [1.165, 1.54) is 24.0 Å². The van der Waals surface area contributed by atoms with E-state index < -0.39 is 0 Å². The van der Waals surface area contributed by atoms with E-state index in [9.17, 15) is 4.79 Å². The Kier molecular flexibility index (Phi) is 4.62. The van der Waals surface area contributed by atoms with Gasteiger partial charge in [0.05, 0.1) is 6.04 Å². The highest BCUT2D eigenvalue weighted by molar-refractivity contribution is 5.79. The van der Waals surface area contributed by atoms with Gasteiger partial charge in [-0.2, -0.15) is 0 Å². The van der Waals surface area contributed by atoms with Crippen LogP contribution in [0.5, 0.6) is 0 Å². The molecule has 104 valence electrons. The molecule has 0 spiro atoms. The summed E-state index contributed by atoms with van der Waals surface area (Å²) >= 11 is 0. The van der Waals surface area contributed by atoms with E-state index in [1.54, 1.807) is 0 Å². The van der Waals surface area contributed by atoms with Crippen molar-refractivity contribution in [1.29, 1.82) is 0 Å². The first kappa shape index (κ1) is 14.1. The zero-order chi connectivity index (χ0) is 13.8. The molecular weight excluding hydrogens is 234 g/mol. The molecule has 1 unspecified atom stereocenters. The molecule has 2 nitrogen and oxygen atoms in total. The number of nitrogens with one attached hydrogen (secondary N) is 1. The molecule has 0 aromatic heterocycles. The third-order valence-corrected chi connectivity index (χ3v) is 4.32. The largest absolute Gasteiger partial charge is 0.349 e. The average molecular weight is 259 g/mol. The molecule has 1 saturated carbocycles. The fraction of sp³-hybridized carbons (Fsp3) is 0.588. The lowest BCUT2D eigenvalue weighted by atomic mass is 9.82. The molecule has 1 aromatic carbocycles. The van der Waals surface area contributed by atoms with Crippen molar-refractivity contribution in [3.05, 3.63) is 35.4 Å². The highest BCUT2D eigenvalue weighted by Gasteiger charge is 2.25. The van der Waals surface area contributed by atoms with Crippen LogP contribution in [-0.2, 0) is 4.79 Å². The Labute approximate surface area is 116 Å². The van der Waals surface area contributed by atoms with Crippen molar-refractivity contribution in [3.8, 4) is 0 Å². The number of benzene rings is 1. The molecular formula is C17H25NO.